The Labute approximate surface area is 125 Å². The summed E-state index contributed by atoms with van der Waals surface area (Å²) in [5, 5.41) is 0. The summed E-state index contributed by atoms with van der Waals surface area (Å²) in [5.74, 6) is 2.58. The summed E-state index contributed by atoms with van der Waals surface area (Å²) in [6.07, 6.45) is 12.0. The largest absolute Gasteiger partial charge is 0.370 e. The molecule has 0 radical (unpaired) electrons. The van der Waals surface area contributed by atoms with Crippen molar-refractivity contribution in [1.29, 1.82) is 0 Å². The Morgan fingerprint density at radius 2 is 1.85 bits per heavy atom. The van der Waals surface area contributed by atoms with Crippen LogP contribution in [-0.2, 0) is 4.74 Å². The van der Waals surface area contributed by atoms with E-state index < -0.39 is 0 Å². The first-order valence-corrected chi connectivity index (χ1v) is 8.96. The number of ether oxygens (including phenoxy) is 1. The lowest BCUT2D eigenvalue weighted by Gasteiger charge is -2.44. The van der Waals surface area contributed by atoms with Crippen LogP contribution in [0.4, 0.5) is 0 Å². The molecule has 2 saturated carbocycles. The zero-order chi connectivity index (χ0) is 14.6. The minimum absolute atomic E-state index is 0.00564. The molecule has 2 fully saturated rings. The van der Waals surface area contributed by atoms with E-state index >= 15 is 0 Å². The first-order chi connectivity index (χ1) is 9.58. The summed E-state index contributed by atoms with van der Waals surface area (Å²) in [5.41, 5.74) is 6.12. The molecule has 2 unspecified atom stereocenters. The lowest BCUT2D eigenvalue weighted by Crippen LogP contribution is -2.47. The molecular weight excluding hydrogens is 246 g/mol. The molecule has 0 spiro atoms. The van der Waals surface area contributed by atoms with Crippen LogP contribution in [0.5, 0.6) is 0 Å². The van der Waals surface area contributed by atoms with Gasteiger partial charge in [0.25, 0.3) is 0 Å². The molecule has 0 aromatic rings. The highest BCUT2D eigenvalue weighted by Crippen LogP contribution is 2.40. The molecule has 0 saturated heterocycles. The fraction of sp³-hybridized carbons (Fsp3) is 1.00. The molecule has 2 N–H and O–H groups in total. The topological polar surface area (TPSA) is 35.2 Å². The van der Waals surface area contributed by atoms with E-state index in [1.165, 1.54) is 57.8 Å². The van der Waals surface area contributed by atoms with Gasteiger partial charge in [-0.15, -0.1) is 0 Å². The van der Waals surface area contributed by atoms with E-state index in [1.54, 1.807) is 0 Å². The van der Waals surface area contributed by atoms with Gasteiger partial charge in [0.2, 0.25) is 0 Å². The second kappa shape index (κ2) is 7.26. The van der Waals surface area contributed by atoms with Crippen molar-refractivity contribution < 1.29 is 4.74 Å². The molecule has 0 heterocycles. The Kier molecular flexibility index (Phi) is 5.92. The summed E-state index contributed by atoms with van der Waals surface area (Å²) in [4.78, 5) is 0. The maximum atomic E-state index is 6.60. The van der Waals surface area contributed by atoms with Crippen LogP contribution in [0.25, 0.3) is 0 Å². The average molecular weight is 281 g/mol. The first kappa shape index (κ1) is 16.3. The number of hydrogen-bond acceptors (Lipinski definition) is 2. The molecule has 2 aliphatic carbocycles. The van der Waals surface area contributed by atoms with Crippen LogP contribution in [0.2, 0.25) is 0 Å². The van der Waals surface area contributed by atoms with Gasteiger partial charge in [-0.3, -0.25) is 0 Å². The third-order valence-electron chi connectivity index (χ3n) is 5.99. The fourth-order valence-corrected chi connectivity index (χ4v) is 4.28. The van der Waals surface area contributed by atoms with Crippen LogP contribution in [0.3, 0.4) is 0 Å². The monoisotopic (exact) mass is 281 g/mol. The molecule has 2 heteroatoms. The smallest absolute Gasteiger partial charge is 0.0808 e. The van der Waals surface area contributed by atoms with Crippen molar-refractivity contribution in [3.05, 3.63) is 0 Å². The molecule has 0 bridgehead atoms. The normalized spacial score (nSPS) is 39.1. The average Bonchev–Trinajstić information content (AvgIpc) is 2.48. The molecule has 0 aromatic carbocycles. The van der Waals surface area contributed by atoms with Gasteiger partial charge in [-0.25, -0.2) is 0 Å². The Morgan fingerprint density at radius 1 is 1.15 bits per heavy atom. The standard InChI is InChI=1S/C18H35NO/c1-4-15-6-5-7-17(12-15)20-18(13-19)10-8-16(9-11-18)14(2)3/h14-17H,4-13,19H2,1-3H3. The highest BCUT2D eigenvalue weighted by atomic mass is 16.5. The molecule has 0 aliphatic heterocycles. The Balaban J connectivity index is 1.88. The SMILES string of the molecule is CCC1CCCC(OC2(CN)CCC(C(C)C)CC2)C1. The molecular formula is C18H35NO. The second-order valence-electron chi connectivity index (χ2n) is 7.65. The van der Waals surface area contributed by atoms with Crippen molar-refractivity contribution in [1.82, 2.24) is 0 Å². The number of rotatable bonds is 5. The van der Waals surface area contributed by atoms with Crippen molar-refractivity contribution >= 4 is 0 Å². The maximum Gasteiger partial charge on any atom is 0.0808 e. The van der Waals surface area contributed by atoms with Gasteiger partial charge < -0.3 is 10.5 Å². The molecule has 2 aliphatic rings. The third-order valence-corrected chi connectivity index (χ3v) is 5.99. The van der Waals surface area contributed by atoms with Crippen LogP contribution >= 0.6 is 0 Å². The zero-order valence-corrected chi connectivity index (χ0v) is 13.9. The van der Waals surface area contributed by atoms with Crippen molar-refractivity contribution in [3.63, 3.8) is 0 Å². The van der Waals surface area contributed by atoms with Crippen LogP contribution in [-0.4, -0.2) is 18.2 Å². The predicted octanol–water partition coefficient (Wildman–Crippen LogP) is 4.52. The molecule has 2 nitrogen and oxygen atoms in total. The van der Waals surface area contributed by atoms with E-state index in [-0.39, 0.29) is 5.60 Å². The van der Waals surface area contributed by atoms with Crippen LogP contribution in [0.15, 0.2) is 0 Å². The lowest BCUT2D eigenvalue weighted by molar-refractivity contribution is -0.130. The molecule has 2 rings (SSSR count). The van der Waals surface area contributed by atoms with Crippen LogP contribution in [0.1, 0.15) is 78.6 Å². The number of nitrogens with two attached hydrogens (primary N) is 1. The van der Waals surface area contributed by atoms with Crippen molar-refractivity contribution in [2.75, 3.05) is 6.54 Å². The molecule has 0 amide bonds. The first-order valence-electron chi connectivity index (χ1n) is 8.96. The highest BCUT2D eigenvalue weighted by molar-refractivity contribution is 4.90. The van der Waals surface area contributed by atoms with E-state index in [9.17, 15) is 0 Å². The summed E-state index contributed by atoms with van der Waals surface area (Å²) in [6.45, 7) is 7.74. The maximum absolute atomic E-state index is 6.60. The Bertz CT molecular complexity index is 281. The van der Waals surface area contributed by atoms with E-state index in [4.69, 9.17) is 10.5 Å². The van der Waals surface area contributed by atoms with Crippen molar-refractivity contribution in [2.45, 2.75) is 90.3 Å². The van der Waals surface area contributed by atoms with Gasteiger partial charge in [0.15, 0.2) is 0 Å². The molecule has 20 heavy (non-hydrogen) atoms. The lowest BCUT2D eigenvalue weighted by atomic mass is 9.74. The van der Waals surface area contributed by atoms with Gasteiger partial charge in [0.1, 0.15) is 0 Å². The molecule has 0 aromatic heterocycles. The van der Waals surface area contributed by atoms with Crippen LogP contribution in [0, 0.1) is 17.8 Å². The summed E-state index contributed by atoms with van der Waals surface area (Å²) >= 11 is 0. The second-order valence-corrected chi connectivity index (χ2v) is 7.65. The molecule has 2 atom stereocenters. The summed E-state index contributed by atoms with van der Waals surface area (Å²) in [6, 6.07) is 0. The van der Waals surface area contributed by atoms with Gasteiger partial charge in [-0.2, -0.15) is 0 Å². The minimum atomic E-state index is 0.00564. The third kappa shape index (κ3) is 3.98. The molecule has 118 valence electrons. The zero-order valence-electron chi connectivity index (χ0n) is 13.9. The van der Waals surface area contributed by atoms with Gasteiger partial charge >= 0.3 is 0 Å². The fourth-order valence-electron chi connectivity index (χ4n) is 4.28. The van der Waals surface area contributed by atoms with Gasteiger partial charge in [0.05, 0.1) is 11.7 Å². The number of hydrogen-bond donors (Lipinski definition) is 1. The Morgan fingerprint density at radius 3 is 2.40 bits per heavy atom. The quantitative estimate of drug-likeness (QED) is 0.804. The van der Waals surface area contributed by atoms with E-state index in [0.717, 1.165) is 17.8 Å². The van der Waals surface area contributed by atoms with Gasteiger partial charge in [-0.1, -0.05) is 40.0 Å². The van der Waals surface area contributed by atoms with Crippen LogP contribution < -0.4 is 5.73 Å². The van der Waals surface area contributed by atoms with Gasteiger partial charge in [-0.05, 0) is 56.3 Å². The Hall–Kier alpha value is -0.0800. The van der Waals surface area contributed by atoms with E-state index in [2.05, 4.69) is 20.8 Å². The summed E-state index contributed by atoms with van der Waals surface area (Å²) < 4.78 is 6.60. The predicted molar refractivity (Wildman–Crippen MR) is 85.7 cm³/mol. The van der Waals surface area contributed by atoms with Crippen molar-refractivity contribution in [2.24, 2.45) is 23.5 Å². The van der Waals surface area contributed by atoms with E-state index in [1.807, 2.05) is 0 Å². The highest BCUT2D eigenvalue weighted by Gasteiger charge is 2.38. The minimum Gasteiger partial charge on any atom is -0.370 e. The summed E-state index contributed by atoms with van der Waals surface area (Å²) in [7, 11) is 0. The van der Waals surface area contributed by atoms with E-state index in [0.29, 0.717) is 12.6 Å². The van der Waals surface area contributed by atoms with Crippen molar-refractivity contribution in [3.8, 4) is 0 Å². The van der Waals surface area contributed by atoms with Gasteiger partial charge in [0, 0.05) is 6.54 Å².